The maximum absolute atomic E-state index is 12.8. The van der Waals surface area contributed by atoms with Gasteiger partial charge in [-0.25, -0.2) is 14.6 Å². The minimum absolute atomic E-state index is 0.240. The van der Waals surface area contributed by atoms with Crippen LogP contribution >= 0.6 is 0 Å². The van der Waals surface area contributed by atoms with Crippen LogP contribution in [0.15, 0.2) is 73.2 Å². The van der Waals surface area contributed by atoms with Crippen LogP contribution in [0.25, 0.3) is 5.69 Å². The molecule has 0 spiro atoms. The minimum Gasteiger partial charge on any atom is -0.424 e. The van der Waals surface area contributed by atoms with Crippen molar-refractivity contribution in [3.05, 3.63) is 90.0 Å². The third kappa shape index (κ3) is 3.98. The lowest BCUT2D eigenvalue weighted by atomic mass is 10.2. The van der Waals surface area contributed by atoms with Crippen LogP contribution in [-0.4, -0.2) is 25.7 Å². The molecule has 1 amide bonds. The summed E-state index contributed by atoms with van der Waals surface area (Å²) in [4.78, 5) is 20.9. The van der Waals surface area contributed by atoms with Crippen molar-refractivity contribution in [3.8, 4) is 17.4 Å². The molecule has 0 unspecified atom stereocenters. The molecule has 0 aliphatic heterocycles. The molecule has 29 heavy (non-hydrogen) atoms. The maximum Gasteiger partial charge on any atom is 0.321 e. The number of rotatable bonds is 5. The molecule has 0 bridgehead atoms. The van der Waals surface area contributed by atoms with Gasteiger partial charge in [0.2, 0.25) is 0 Å². The maximum atomic E-state index is 12.8. The number of carbonyl (C=O) groups excluding carboxylic acids is 1. The third-order valence-electron chi connectivity index (χ3n) is 4.44. The Morgan fingerprint density at radius 3 is 2.59 bits per heavy atom. The highest BCUT2D eigenvalue weighted by atomic mass is 16.5. The first-order valence-electron chi connectivity index (χ1n) is 9.09. The number of carbonyl (C=O) groups is 1. The molecule has 2 aromatic carbocycles. The van der Waals surface area contributed by atoms with Crippen molar-refractivity contribution in [1.29, 1.82) is 0 Å². The van der Waals surface area contributed by atoms with Crippen molar-refractivity contribution in [2.24, 2.45) is 0 Å². The summed E-state index contributed by atoms with van der Waals surface area (Å²) >= 11 is 0. The summed E-state index contributed by atoms with van der Waals surface area (Å²) < 4.78 is 7.39. The Labute approximate surface area is 168 Å². The summed E-state index contributed by atoms with van der Waals surface area (Å²) in [5, 5.41) is 7.29. The van der Waals surface area contributed by atoms with Gasteiger partial charge >= 0.3 is 6.01 Å². The molecule has 0 saturated heterocycles. The third-order valence-corrected chi connectivity index (χ3v) is 4.44. The molecule has 1 N–H and O–H groups in total. The van der Waals surface area contributed by atoms with Gasteiger partial charge < -0.3 is 10.1 Å². The van der Waals surface area contributed by atoms with Crippen LogP contribution in [0.2, 0.25) is 0 Å². The van der Waals surface area contributed by atoms with E-state index in [9.17, 15) is 4.79 Å². The molecule has 7 heteroatoms. The molecule has 4 rings (SSSR count). The van der Waals surface area contributed by atoms with Gasteiger partial charge in [0.1, 0.15) is 5.75 Å². The number of amides is 1. The Kier molecular flexibility index (Phi) is 5.03. The zero-order valence-corrected chi connectivity index (χ0v) is 16.0. The van der Waals surface area contributed by atoms with Crippen LogP contribution < -0.4 is 10.1 Å². The molecule has 2 aromatic heterocycles. The molecule has 7 nitrogen and oxygen atoms in total. The lowest BCUT2D eigenvalue weighted by molar-refractivity contribution is 0.102. The topological polar surface area (TPSA) is 81.9 Å². The first kappa shape index (κ1) is 18.4. The number of ether oxygens (including phenoxy) is 1. The largest absolute Gasteiger partial charge is 0.424 e. The van der Waals surface area contributed by atoms with E-state index in [1.165, 1.54) is 0 Å². The number of nitrogens with one attached hydrogen (secondary N) is 1. The molecule has 0 aliphatic carbocycles. The molecule has 2 heterocycles. The van der Waals surface area contributed by atoms with Crippen LogP contribution in [0.3, 0.4) is 0 Å². The van der Waals surface area contributed by atoms with E-state index >= 15 is 0 Å². The molecule has 144 valence electrons. The Balaban J connectivity index is 1.53. The van der Waals surface area contributed by atoms with Crippen LogP contribution in [0.1, 0.15) is 21.6 Å². The molecular weight excluding hydrogens is 366 g/mol. The standard InChI is InChI=1S/C22H19N5O2/c1-15-7-3-4-10-20(15)27-16(2)19(14-25-27)21(28)26-17-8-5-9-18(13-17)29-22-23-11-6-12-24-22/h3-14H,1-2H3,(H,26,28). The van der Waals surface area contributed by atoms with Gasteiger partial charge in [-0.2, -0.15) is 5.10 Å². The van der Waals surface area contributed by atoms with Gasteiger partial charge in [0.25, 0.3) is 5.91 Å². The number of hydrogen-bond acceptors (Lipinski definition) is 5. The molecule has 0 saturated carbocycles. The summed E-state index contributed by atoms with van der Waals surface area (Å²) in [6.45, 7) is 3.89. The molecule has 0 atom stereocenters. The van der Waals surface area contributed by atoms with Gasteiger partial charge in [0, 0.05) is 24.1 Å². The van der Waals surface area contributed by atoms with Gasteiger partial charge in [0.15, 0.2) is 0 Å². The monoisotopic (exact) mass is 385 g/mol. The summed E-state index contributed by atoms with van der Waals surface area (Å²) in [6.07, 6.45) is 4.78. The second kappa shape index (κ2) is 7.93. The number of para-hydroxylation sites is 1. The van der Waals surface area contributed by atoms with E-state index < -0.39 is 0 Å². The smallest absolute Gasteiger partial charge is 0.321 e. The summed E-state index contributed by atoms with van der Waals surface area (Å²) in [7, 11) is 0. The van der Waals surface area contributed by atoms with Crippen molar-refractivity contribution in [3.63, 3.8) is 0 Å². The van der Waals surface area contributed by atoms with E-state index in [-0.39, 0.29) is 11.9 Å². The van der Waals surface area contributed by atoms with Crippen LogP contribution in [-0.2, 0) is 0 Å². The Bertz CT molecular complexity index is 1150. The second-order valence-corrected chi connectivity index (χ2v) is 6.46. The Hall–Kier alpha value is -4.00. The second-order valence-electron chi connectivity index (χ2n) is 6.46. The van der Waals surface area contributed by atoms with Crippen molar-refractivity contribution in [2.75, 3.05) is 5.32 Å². The molecule has 0 fully saturated rings. The first-order chi connectivity index (χ1) is 14.1. The number of hydrogen-bond donors (Lipinski definition) is 1. The van der Waals surface area contributed by atoms with Crippen LogP contribution in [0, 0.1) is 13.8 Å². The predicted molar refractivity (Wildman–Crippen MR) is 110 cm³/mol. The van der Waals surface area contributed by atoms with Crippen molar-refractivity contribution in [1.82, 2.24) is 19.7 Å². The molecule has 0 radical (unpaired) electrons. The quantitative estimate of drug-likeness (QED) is 0.553. The lowest BCUT2D eigenvalue weighted by Crippen LogP contribution is -2.13. The fourth-order valence-corrected chi connectivity index (χ4v) is 2.96. The summed E-state index contributed by atoms with van der Waals surface area (Å²) in [5.41, 5.74) is 3.90. The fourth-order valence-electron chi connectivity index (χ4n) is 2.96. The van der Waals surface area contributed by atoms with Gasteiger partial charge in [-0.05, 0) is 43.7 Å². The lowest BCUT2D eigenvalue weighted by Gasteiger charge is -2.09. The van der Waals surface area contributed by atoms with E-state index in [4.69, 9.17) is 4.74 Å². The van der Waals surface area contributed by atoms with Crippen LogP contribution in [0.4, 0.5) is 5.69 Å². The van der Waals surface area contributed by atoms with Gasteiger partial charge in [-0.1, -0.05) is 24.3 Å². The van der Waals surface area contributed by atoms with Crippen LogP contribution in [0.5, 0.6) is 11.8 Å². The minimum atomic E-state index is -0.240. The zero-order chi connectivity index (χ0) is 20.2. The van der Waals surface area contributed by atoms with Gasteiger partial charge in [0.05, 0.1) is 23.1 Å². The first-order valence-corrected chi connectivity index (χ1v) is 9.09. The Morgan fingerprint density at radius 2 is 1.79 bits per heavy atom. The van der Waals surface area contributed by atoms with Crippen molar-refractivity contribution in [2.45, 2.75) is 13.8 Å². The fraction of sp³-hybridized carbons (Fsp3) is 0.0909. The van der Waals surface area contributed by atoms with Gasteiger partial charge in [-0.15, -0.1) is 0 Å². The highest BCUT2D eigenvalue weighted by Crippen LogP contribution is 2.23. The average Bonchev–Trinajstić information content (AvgIpc) is 3.11. The highest BCUT2D eigenvalue weighted by molar-refractivity contribution is 6.05. The van der Waals surface area contributed by atoms with E-state index in [0.717, 1.165) is 16.9 Å². The van der Waals surface area contributed by atoms with E-state index in [1.54, 1.807) is 53.6 Å². The molecule has 0 aliphatic rings. The van der Waals surface area contributed by atoms with Crippen molar-refractivity contribution < 1.29 is 9.53 Å². The Morgan fingerprint density at radius 1 is 1.00 bits per heavy atom. The molecule has 4 aromatic rings. The van der Waals surface area contributed by atoms with E-state index in [0.29, 0.717) is 17.0 Å². The van der Waals surface area contributed by atoms with Crippen molar-refractivity contribution >= 4 is 11.6 Å². The SMILES string of the molecule is Cc1ccccc1-n1ncc(C(=O)Nc2cccc(Oc3ncccn3)c2)c1C. The highest BCUT2D eigenvalue weighted by Gasteiger charge is 2.16. The van der Waals surface area contributed by atoms with Gasteiger partial charge in [-0.3, -0.25) is 4.79 Å². The number of aromatic nitrogens is 4. The number of benzene rings is 2. The average molecular weight is 385 g/mol. The predicted octanol–water partition coefficient (Wildman–Crippen LogP) is 4.32. The number of nitrogens with zero attached hydrogens (tertiary/aromatic N) is 4. The van der Waals surface area contributed by atoms with E-state index in [1.807, 2.05) is 38.1 Å². The summed E-state index contributed by atoms with van der Waals surface area (Å²) in [5.74, 6) is 0.289. The zero-order valence-electron chi connectivity index (χ0n) is 16.0. The van der Waals surface area contributed by atoms with E-state index in [2.05, 4.69) is 20.4 Å². The number of anilines is 1. The number of aryl methyl sites for hydroxylation is 1. The molecular formula is C22H19N5O2. The normalized spacial score (nSPS) is 10.6. The summed E-state index contributed by atoms with van der Waals surface area (Å²) in [6, 6.07) is 16.9.